The van der Waals surface area contributed by atoms with E-state index in [1.807, 2.05) is 14.0 Å². The number of ether oxygens (including phenoxy) is 1. The van der Waals surface area contributed by atoms with Gasteiger partial charge in [0, 0.05) is 25.7 Å². The van der Waals surface area contributed by atoms with E-state index in [2.05, 4.69) is 29.2 Å². The highest BCUT2D eigenvalue weighted by atomic mass is 16.5. The molecule has 1 aliphatic rings. The Bertz CT molecular complexity index is 781. The molecule has 0 bridgehead atoms. The van der Waals surface area contributed by atoms with Crippen LogP contribution in [0.3, 0.4) is 0 Å². The van der Waals surface area contributed by atoms with Gasteiger partial charge in [0.2, 0.25) is 11.8 Å². The molecule has 0 spiro atoms. The van der Waals surface area contributed by atoms with Crippen LogP contribution < -0.4 is 10.1 Å². The maximum absolute atomic E-state index is 12.1. The largest absolute Gasteiger partial charge is 0.479 e. The van der Waals surface area contributed by atoms with Crippen LogP contribution in [0.25, 0.3) is 11.0 Å². The average molecular weight is 330 g/mol. The predicted molar refractivity (Wildman–Crippen MR) is 93.1 cm³/mol. The minimum Gasteiger partial charge on any atom is -0.479 e. The van der Waals surface area contributed by atoms with E-state index in [-0.39, 0.29) is 5.91 Å². The van der Waals surface area contributed by atoms with Gasteiger partial charge >= 0.3 is 0 Å². The molecule has 0 radical (unpaired) electrons. The van der Waals surface area contributed by atoms with E-state index in [4.69, 9.17) is 4.74 Å². The molecule has 0 unspecified atom stereocenters. The highest BCUT2D eigenvalue weighted by Gasteiger charge is 2.32. The summed E-state index contributed by atoms with van der Waals surface area (Å²) in [5.74, 6) is 2.15. The van der Waals surface area contributed by atoms with Crippen LogP contribution in [-0.2, 0) is 18.3 Å². The van der Waals surface area contributed by atoms with Crippen molar-refractivity contribution in [2.45, 2.75) is 40.0 Å². The molecule has 130 valence electrons. The summed E-state index contributed by atoms with van der Waals surface area (Å²) in [6.07, 6.45) is 2.41. The second kappa shape index (κ2) is 6.42. The van der Waals surface area contributed by atoms with Gasteiger partial charge in [-0.3, -0.25) is 4.79 Å². The summed E-state index contributed by atoms with van der Waals surface area (Å²) in [6, 6.07) is 0. The molecular weight excluding hydrogens is 304 g/mol. The van der Waals surface area contributed by atoms with E-state index in [0.29, 0.717) is 24.6 Å². The second-order valence-electron chi connectivity index (χ2n) is 6.91. The van der Waals surface area contributed by atoms with Crippen molar-refractivity contribution in [3.8, 4) is 5.88 Å². The number of carbonyl (C=O) groups is 1. The van der Waals surface area contributed by atoms with Crippen molar-refractivity contribution in [3.05, 3.63) is 16.8 Å². The Kier molecular flexibility index (Phi) is 4.47. The molecule has 2 heterocycles. The molecule has 0 saturated heterocycles. The first-order valence-electron chi connectivity index (χ1n) is 8.55. The fourth-order valence-electron chi connectivity index (χ4n) is 3.36. The fourth-order valence-corrected chi connectivity index (χ4v) is 3.36. The molecular formula is C18H26N4O2. The van der Waals surface area contributed by atoms with Gasteiger partial charge in [-0.15, -0.1) is 5.10 Å². The van der Waals surface area contributed by atoms with Gasteiger partial charge in [-0.2, -0.15) is 0 Å². The number of fused-ring (bicyclic) bond motifs is 1. The third kappa shape index (κ3) is 3.09. The van der Waals surface area contributed by atoms with Crippen molar-refractivity contribution < 1.29 is 9.53 Å². The SMILES string of the molecule is COc1nn(C)c2nc(C)c(CCC(=O)NC[C@H]3C[C@H]3C)c(C)c12. The standard InChI is InChI=1S/C18H26N4O2/c1-10-8-13(10)9-19-15(23)7-6-14-11(2)16-17(20-12(14)3)22(4)21-18(16)24-5/h10,13H,6-9H2,1-5H3,(H,19,23)/t10-,13-/m1/s1. The zero-order valence-electron chi connectivity index (χ0n) is 15.1. The third-order valence-corrected chi connectivity index (χ3v) is 5.16. The Labute approximate surface area is 142 Å². The van der Waals surface area contributed by atoms with Gasteiger partial charge in [0.1, 0.15) is 0 Å². The molecule has 3 rings (SSSR count). The van der Waals surface area contributed by atoms with Crippen molar-refractivity contribution in [2.24, 2.45) is 18.9 Å². The Hall–Kier alpha value is -2.11. The quantitative estimate of drug-likeness (QED) is 0.882. The van der Waals surface area contributed by atoms with E-state index >= 15 is 0 Å². The minimum absolute atomic E-state index is 0.117. The lowest BCUT2D eigenvalue weighted by atomic mass is 10.00. The number of aryl methyl sites for hydroxylation is 3. The van der Waals surface area contributed by atoms with Crippen LogP contribution in [0.2, 0.25) is 0 Å². The van der Waals surface area contributed by atoms with Gasteiger partial charge < -0.3 is 10.1 Å². The number of pyridine rings is 1. The zero-order chi connectivity index (χ0) is 17.4. The summed E-state index contributed by atoms with van der Waals surface area (Å²) < 4.78 is 7.12. The first-order valence-corrected chi connectivity index (χ1v) is 8.55. The molecule has 1 aliphatic carbocycles. The Morgan fingerprint density at radius 2 is 2.12 bits per heavy atom. The van der Waals surface area contributed by atoms with Gasteiger partial charge in [-0.05, 0) is 49.7 Å². The van der Waals surface area contributed by atoms with Crippen molar-refractivity contribution in [1.82, 2.24) is 20.1 Å². The van der Waals surface area contributed by atoms with E-state index in [1.165, 1.54) is 6.42 Å². The fraction of sp³-hybridized carbons (Fsp3) is 0.611. The van der Waals surface area contributed by atoms with Gasteiger partial charge in [0.25, 0.3) is 0 Å². The summed E-state index contributed by atoms with van der Waals surface area (Å²) in [7, 11) is 3.48. The van der Waals surface area contributed by atoms with E-state index < -0.39 is 0 Å². The van der Waals surface area contributed by atoms with Gasteiger partial charge in [-0.1, -0.05) is 6.92 Å². The van der Waals surface area contributed by atoms with Crippen molar-refractivity contribution in [1.29, 1.82) is 0 Å². The average Bonchev–Trinajstić information content (AvgIpc) is 3.16. The van der Waals surface area contributed by atoms with Gasteiger partial charge in [-0.25, -0.2) is 9.67 Å². The highest BCUT2D eigenvalue weighted by Crippen LogP contribution is 2.36. The van der Waals surface area contributed by atoms with Crippen LogP contribution in [0.15, 0.2) is 0 Å². The van der Waals surface area contributed by atoms with E-state index in [0.717, 1.165) is 40.3 Å². The van der Waals surface area contributed by atoms with Crippen LogP contribution >= 0.6 is 0 Å². The molecule has 6 nitrogen and oxygen atoms in total. The summed E-state index contributed by atoms with van der Waals surface area (Å²) in [5, 5.41) is 8.35. The van der Waals surface area contributed by atoms with Crippen molar-refractivity contribution in [3.63, 3.8) is 0 Å². The van der Waals surface area contributed by atoms with Crippen molar-refractivity contribution >= 4 is 16.9 Å². The number of amides is 1. The smallest absolute Gasteiger partial charge is 0.242 e. The number of aromatic nitrogens is 3. The predicted octanol–water partition coefficient (Wildman–Crippen LogP) is 2.30. The first kappa shape index (κ1) is 16.7. The number of methoxy groups -OCH3 is 1. The molecule has 6 heteroatoms. The van der Waals surface area contributed by atoms with E-state index in [9.17, 15) is 4.79 Å². The lowest BCUT2D eigenvalue weighted by molar-refractivity contribution is -0.121. The lowest BCUT2D eigenvalue weighted by Crippen LogP contribution is -2.26. The van der Waals surface area contributed by atoms with Crippen LogP contribution in [0.4, 0.5) is 0 Å². The summed E-state index contributed by atoms with van der Waals surface area (Å²) in [5.41, 5.74) is 3.99. The van der Waals surface area contributed by atoms with Gasteiger partial charge in [0.05, 0.1) is 12.5 Å². The number of rotatable bonds is 6. The molecule has 24 heavy (non-hydrogen) atoms. The molecule has 0 aromatic carbocycles. The molecule has 0 aliphatic heterocycles. The molecule has 1 fully saturated rings. The second-order valence-corrected chi connectivity index (χ2v) is 6.91. The summed E-state index contributed by atoms with van der Waals surface area (Å²) >= 11 is 0. The highest BCUT2D eigenvalue weighted by molar-refractivity contribution is 5.86. The maximum atomic E-state index is 12.1. The minimum atomic E-state index is 0.117. The monoisotopic (exact) mass is 330 g/mol. The normalized spacial score (nSPS) is 19.5. The van der Waals surface area contributed by atoms with E-state index in [1.54, 1.807) is 11.8 Å². The number of hydrogen-bond acceptors (Lipinski definition) is 4. The molecule has 1 saturated carbocycles. The van der Waals surface area contributed by atoms with Crippen LogP contribution in [0, 0.1) is 25.7 Å². The summed E-state index contributed by atoms with van der Waals surface area (Å²) in [4.78, 5) is 16.8. The molecule has 2 aromatic heterocycles. The maximum Gasteiger partial charge on any atom is 0.242 e. The Morgan fingerprint density at radius 3 is 2.75 bits per heavy atom. The summed E-state index contributed by atoms with van der Waals surface area (Å²) in [6.45, 7) is 7.09. The van der Waals surface area contributed by atoms with Gasteiger partial charge in [0.15, 0.2) is 5.65 Å². The van der Waals surface area contributed by atoms with Crippen molar-refractivity contribution in [2.75, 3.05) is 13.7 Å². The Balaban J connectivity index is 1.75. The number of nitrogens with one attached hydrogen (secondary N) is 1. The van der Waals surface area contributed by atoms with Crippen LogP contribution in [0.5, 0.6) is 5.88 Å². The zero-order valence-corrected chi connectivity index (χ0v) is 15.1. The van der Waals surface area contributed by atoms with Crippen LogP contribution in [-0.4, -0.2) is 34.3 Å². The molecule has 2 aromatic rings. The molecule has 2 atom stereocenters. The Morgan fingerprint density at radius 1 is 1.42 bits per heavy atom. The molecule has 1 N–H and O–H groups in total. The number of hydrogen-bond donors (Lipinski definition) is 1. The molecule has 1 amide bonds. The van der Waals surface area contributed by atoms with Crippen LogP contribution in [0.1, 0.15) is 36.6 Å². The third-order valence-electron chi connectivity index (χ3n) is 5.16. The first-order chi connectivity index (χ1) is 11.4. The topological polar surface area (TPSA) is 69.0 Å². The number of carbonyl (C=O) groups excluding carboxylic acids is 1. The lowest BCUT2D eigenvalue weighted by Gasteiger charge is -2.11. The number of nitrogens with zero attached hydrogens (tertiary/aromatic N) is 3.